The fourth-order valence-electron chi connectivity index (χ4n) is 10.1. The zero-order valence-electron chi connectivity index (χ0n) is 30.2. The van der Waals surface area contributed by atoms with Crippen LogP contribution in [0, 0.1) is 29.1 Å². The predicted molar refractivity (Wildman–Crippen MR) is 217 cm³/mol. The third-order valence-electron chi connectivity index (χ3n) is 12.3. The topological polar surface area (TPSA) is 62.5 Å². The van der Waals surface area contributed by atoms with Crippen molar-refractivity contribution < 1.29 is 0 Å². The van der Waals surface area contributed by atoms with Crippen LogP contribution < -0.4 is 0 Å². The van der Waals surface area contributed by atoms with Gasteiger partial charge in [-0.2, -0.15) is 5.26 Å². The molecule has 4 fully saturated rings. The lowest BCUT2D eigenvalue weighted by Gasteiger charge is -2.57. The van der Waals surface area contributed by atoms with Crippen molar-refractivity contribution in [3.05, 3.63) is 163 Å². The first kappa shape index (κ1) is 32.5. The summed E-state index contributed by atoms with van der Waals surface area (Å²) in [6, 6.07) is 55.3. The van der Waals surface area contributed by atoms with Gasteiger partial charge >= 0.3 is 0 Å². The molecule has 1 aromatic heterocycles. The predicted octanol–water partition coefficient (Wildman–Crippen LogP) is 12.2. The van der Waals surface area contributed by atoms with Gasteiger partial charge in [-0.05, 0) is 137 Å². The molecule has 0 atom stereocenters. The molecule has 0 amide bonds. The lowest BCUT2D eigenvalue weighted by Crippen LogP contribution is -2.48. The Balaban J connectivity index is 1.11. The summed E-state index contributed by atoms with van der Waals surface area (Å²) >= 11 is 0. The van der Waals surface area contributed by atoms with Crippen LogP contribution in [0.3, 0.4) is 0 Å². The Morgan fingerprint density at radius 2 is 0.815 bits per heavy atom. The average molecular weight is 697 g/mol. The third kappa shape index (κ3) is 6.10. The summed E-state index contributed by atoms with van der Waals surface area (Å²) in [4.78, 5) is 15.2. The number of hydrogen-bond donors (Lipinski definition) is 0. The fraction of sp³-hybridized carbons (Fsp3) is 0.200. The monoisotopic (exact) mass is 696 g/mol. The molecule has 54 heavy (non-hydrogen) atoms. The van der Waals surface area contributed by atoms with E-state index in [9.17, 15) is 5.26 Å². The van der Waals surface area contributed by atoms with Crippen molar-refractivity contribution in [2.75, 3.05) is 0 Å². The van der Waals surface area contributed by atoms with Crippen LogP contribution in [0.5, 0.6) is 0 Å². The van der Waals surface area contributed by atoms with Gasteiger partial charge in [-0.15, -0.1) is 0 Å². The Morgan fingerprint density at radius 3 is 1.35 bits per heavy atom. The molecule has 0 unspecified atom stereocenters. The third-order valence-corrected chi connectivity index (χ3v) is 12.3. The second-order valence-corrected chi connectivity index (χ2v) is 15.9. The van der Waals surface area contributed by atoms with Crippen LogP contribution in [-0.4, -0.2) is 15.0 Å². The number of rotatable bonds is 7. The molecule has 7 aromatic rings. The van der Waals surface area contributed by atoms with Gasteiger partial charge in [0.2, 0.25) is 0 Å². The minimum Gasteiger partial charge on any atom is -0.208 e. The normalized spacial score (nSPS) is 21.1. The van der Waals surface area contributed by atoms with Gasteiger partial charge in [0.05, 0.1) is 11.6 Å². The Labute approximate surface area is 317 Å². The molecular weight excluding hydrogens is 657 g/mol. The minimum absolute atomic E-state index is 0.360. The van der Waals surface area contributed by atoms with Crippen molar-refractivity contribution in [1.82, 2.24) is 15.0 Å². The van der Waals surface area contributed by atoms with Gasteiger partial charge in [-0.25, -0.2) is 15.0 Å². The van der Waals surface area contributed by atoms with Gasteiger partial charge < -0.3 is 0 Å². The number of nitriles is 1. The van der Waals surface area contributed by atoms with E-state index in [1.165, 1.54) is 49.7 Å². The highest BCUT2D eigenvalue weighted by Gasteiger charge is 2.51. The van der Waals surface area contributed by atoms with Gasteiger partial charge in [0.25, 0.3) is 0 Å². The van der Waals surface area contributed by atoms with E-state index in [1.807, 2.05) is 60.7 Å². The molecule has 0 saturated heterocycles. The zero-order chi connectivity index (χ0) is 36.1. The van der Waals surface area contributed by atoms with Crippen molar-refractivity contribution in [2.45, 2.75) is 43.9 Å². The molecule has 4 nitrogen and oxygen atoms in total. The van der Waals surface area contributed by atoms with Crippen LogP contribution in [0.2, 0.25) is 0 Å². The molecule has 4 heteroatoms. The van der Waals surface area contributed by atoms with E-state index in [2.05, 4.69) is 97.1 Å². The Kier molecular flexibility index (Phi) is 8.02. The molecule has 0 aliphatic heterocycles. The first-order chi connectivity index (χ1) is 26.6. The summed E-state index contributed by atoms with van der Waals surface area (Å²) in [6.45, 7) is 0. The van der Waals surface area contributed by atoms with E-state index in [-0.39, 0.29) is 0 Å². The van der Waals surface area contributed by atoms with Gasteiger partial charge in [0.15, 0.2) is 17.5 Å². The summed E-state index contributed by atoms with van der Waals surface area (Å²) in [5, 5.41) is 9.36. The SMILES string of the molecule is N#Cc1ccc(-c2cccc(-c3cc(-c4ccc(C56C[C@H]7C[C@H](C5)C[C@@H](C6)C7)cc4)cc(-c4nc(-c5ccccc5)nc(-c5ccccc5)n4)c3)c2)cc1. The van der Waals surface area contributed by atoms with Crippen molar-refractivity contribution in [3.8, 4) is 73.6 Å². The van der Waals surface area contributed by atoms with Crippen molar-refractivity contribution in [2.24, 2.45) is 17.8 Å². The molecule has 260 valence electrons. The molecule has 6 aromatic carbocycles. The highest BCUT2D eigenvalue weighted by Crippen LogP contribution is 2.60. The summed E-state index contributed by atoms with van der Waals surface area (Å²) in [5.74, 6) is 4.67. The van der Waals surface area contributed by atoms with Gasteiger partial charge in [0.1, 0.15) is 0 Å². The lowest BCUT2D eigenvalue weighted by molar-refractivity contribution is -0.00518. The quantitative estimate of drug-likeness (QED) is 0.166. The van der Waals surface area contributed by atoms with Crippen molar-refractivity contribution in [3.63, 3.8) is 0 Å². The molecule has 1 heterocycles. The van der Waals surface area contributed by atoms with E-state index in [0.717, 1.165) is 62.3 Å². The summed E-state index contributed by atoms with van der Waals surface area (Å²) in [7, 11) is 0. The maximum Gasteiger partial charge on any atom is 0.164 e. The molecule has 11 rings (SSSR count). The summed E-state index contributed by atoms with van der Waals surface area (Å²) in [6.07, 6.45) is 8.44. The fourth-order valence-corrected chi connectivity index (χ4v) is 10.1. The van der Waals surface area contributed by atoms with E-state index >= 15 is 0 Å². The molecule has 0 radical (unpaired) electrons. The first-order valence-electron chi connectivity index (χ1n) is 19.3. The number of nitrogens with zero attached hydrogens (tertiary/aromatic N) is 4. The lowest BCUT2D eigenvalue weighted by atomic mass is 9.48. The van der Waals surface area contributed by atoms with Gasteiger partial charge in [-0.3, -0.25) is 0 Å². The van der Waals surface area contributed by atoms with E-state index in [0.29, 0.717) is 28.5 Å². The molecule has 4 aliphatic carbocycles. The number of benzene rings is 6. The first-order valence-corrected chi connectivity index (χ1v) is 19.3. The summed E-state index contributed by atoms with van der Waals surface area (Å²) in [5.41, 5.74) is 12.1. The second kappa shape index (κ2) is 13.3. The maximum atomic E-state index is 9.36. The van der Waals surface area contributed by atoms with Gasteiger partial charge in [0, 0.05) is 16.7 Å². The van der Waals surface area contributed by atoms with Crippen LogP contribution in [-0.2, 0) is 5.41 Å². The Morgan fingerprint density at radius 1 is 0.407 bits per heavy atom. The van der Waals surface area contributed by atoms with Crippen molar-refractivity contribution in [1.29, 1.82) is 5.26 Å². The Hall–Kier alpha value is -6.18. The molecule has 0 spiro atoms. The Bertz CT molecular complexity index is 2420. The van der Waals surface area contributed by atoms with E-state index in [1.54, 1.807) is 0 Å². The standard InChI is InChI=1S/C50H40N4/c51-32-33-14-16-37(17-15-33)41-12-7-13-42(25-41)44-26-43(38-18-20-46(21-19-38)50-29-34-22-35(30-50)24-36(23-34)31-50)27-45(28-44)49-53-47(39-8-3-1-4-9-39)52-48(54-49)40-10-5-2-6-11-40/h1-21,25-28,34-36H,22-24,29-31H2/t34-,35-,36-,50?. The highest BCUT2D eigenvalue weighted by atomic mass is 15.0. The van der Waals surface area contributed by atoms with E-state index < -0.39 is 0 Å². The van der Waals surface area contributed by atoms with Crippen LogP contribution in [0.15, 0.2) is 152 Å². The average Bonchev–Trinajstić information content (AvgIpc) is 3.23. The smallest absolute Gasteiger partial charge is 0.164 e. The second-order valence-electron chi connectivity index (χ2n) is 15.9. The maximum absolute atomic E-state index is 9.36. The summed E-state index contributed by atoms with van der Waals surface area (Å²) < 4.78 is 0. The van der Waals surface area contributed by atoms with Crippen molar-refractivity contribution >= 4 is 0 Å². The zero-order valence-corrected chi connectivity index (χ0v) is 30.2. The van der Waals surface area contributed by atoms with Crippen LogP contribution in [0.25, 0.3) is 67.5 Å². The molecule has 0 N–H and O–H groups in total. The van der Waals surface area contributed by atoms with Crippen LogP contribution in [0.1, 0.15) is 49.7 Å². The largest absolute Gasteiger partial charge is 0.208 e. The molecule has 4 bridgehead atoms. The van der Waals surface area contributed by atoms with Gasteiger partial charge in [-0.1, -0.05) is 115 Å². The van der Waals surface area contributed by atoms with E-state index in [4.69, 9.17) is 15.0 Å². The minimum atomic E-state index is 0.360. The van der Waals surface area contributed by atoms with Crippen LogP contribution >= 0.6 is 0 Å². The number of aromatic nitrogens is 3. The molecular formula is C50H40N4. The number of hydrogen-bond acceptors (Lipinski definition) is 4. The molecule has 4 aliphatic rings. The van der Waals surface area contributed by atoms with Crippen LogP contribution in [0.4, 0.5) is 0 Å². The highest BCUT2D eigenvalue weighted by molar-refractivity contribution is 5.82. The molecule has 4 saturated carbocycles.